The Balaban J connectivity index is 1.09. The Morgan fingerprint density at radius 2 is 0.891 bits per heavy atom. The Kier molecular flexibility index (Phi) is 6.24. The van der Waals surface area contributed by atoms with Crippen molar-refractivity contribution in [3.05, 3.63) is 170 Å². The predicted octanol–water partition coefficient (Wildman–Crippen LogP) is 12.9. The Labute approximate surface area is 313 Å². The highest BCUT2D eigenvalue weighted by molar-refractivity contribution is 6.34. The molecule has 6 nitrogen and oxygen atoms in total. The van der Waals surface area contributed by atoms with E-state index in [1.54, 1.807) is 0 Å². The third-order valence-corrected chi connectivity index (χ3v) is 10.9. The highest BCUT2D eigenvalue weighted by Crippen LogP contribution is 2.47. The molecule has 0 unspecified atom stereocenters. The summed E-state index contributed by atoms with van der Waals surface area (Å²) < 4.78 is 15.6. The zero-order chi connectivity index (χ0) is 36.0. The maximum absolute atomic E-state index is 6.81. The van der Waals surface area contributed by atoms with Crippen LogP contribution in [0.15, 0.2) is 179 Å². The van der Waals surface area contributed by atoms with E-state index in [9.17, 15) is 0 Å². The molecule has 55 heavy (non-hydrogen) atoms. The summed E-state index contributed by atoms with van der Waals surface area (Å²) in [4.78, 5) is 15.5. The maximum Gasteiger partial charge on any atom is 0.164 e. The van der Waals surface area contributed by atoms with E-state index in [0.29, 0.717) is 17.5 Å². The van der Waals surface area contributed by atoms with Crippen LogP contribution < -0.4 is 0 Å². The molecule has 0 radical (unpaired) electrons. The van der Waals surface area contributed by atoms with Crippen LogP contribution in [-0.4, -0.2) is 19.5 Å². The Morgan fingerprint density at radius 1 is 0.345 bits per heavy atom. The van der Waals surface area contributed by atoms with E-state index in [0.717, 1.165) is 77.0 Å². The van der Waals surface area contributed by atoms with Crippen molar-refractivity contribution < 1.29 is 8.83 Å². The first-order chi connectivity index (χ1) is 27.3. The summed E-state index contributed by atoms with van der Waals surface area (Å²) >= 11 is 0. The second kappa shape index (κ2) is 11.5. The molecule has 0 atom stereocenters. The summed E-state index contributed by atoms with van der Waals surface area (Å²) in [5.41, 5.74) is 9.28. The zero-order valence-corrected chi connectivity index (χ0v) is 29.3. The van der Waals surface area contributed by atoms with Gasteiger partial charge in [-0.2, -0.15) is 0 Å². The lowest BCUT2D eigenvalue weighted by Gasteiger charge is -2.11. The van der Waals surface area contributed by atoms with Crippen LogP contribution in [0.1, 0.15) is 0 Å². The quantitative estimate of drug-likeness (QED) is 0.182. The van der Waals surface area contributed by atoms with Crippen LogP contribution in [-0.2, 0) is 0 Å². The summed E-state index contributed by atoms with van der Waals surface area (Å²) in [6, 6.07) is 58.4. The van der Waals surface area contributed by atoms with Gasteiger partial charge in [-0.15, -0.1) is 0 Å². The van der Waals surface area contributed by atoms with Crippen molar-refractivity contribution in [1.82, 2.24) is 19.5 Å². The minimum absolute atomic E-state index is 0.574. The van der Waals surface area contributed by atoms with Crippen LogP contribution in [0.3, 0.4) is 0 Å². The number of nitrogens with zero attached hydrogens (tertiary/aromatic N) is 4. The summed E-state index contributed by atoms with van der Waals surface area (Å²) in [5.74, 6) is 1.77. The van der Waals surface area contributed by atoms with Gasteiger partial charge in [0.25, 0.3) is 0 Å². The van der Waals surface area contributed by atoms with Crippen LogP contribution in [0.5, 0.6) is 0 Å². The second-order valence-electron chi connectivity index (χ2n) is 13.9. The van der Waals surface area contributed by atoms with Gasteiger partial charge in [-0.1, -0.05) is 121 Å². The number of hydrogen-bond acceptors (Lipinski definition) is 5. The molecular formula is C49H28N4O2. The van der Waals surface area contributed by atoms with Gasteiger partial charge >= 0.3 is 0 Å². The number of hydrogen-bond donors (Lipinski definition) is 0. The normalized spacial score (nSPS) is 12.0. The summed E-state index contributed by atoms with van der Waals surface area (Å²) in [6.07, 6.45) is 0. The molecule has 0 aliphatic carbocycles. The lowest BCUT2D eigenvalue weighted by molar-refractivity contribution is 0.665. The molecule has 12 rings (SSSR count). The zero-order valence-electron chi connectivity index (χ0n) is 29.3. The van der Waals surface area contributed by atoms with Crippen molar-refractivity contribution in [2.75, 3.05) is 0 Å². The van der Waals surface area contributed by atoms with Gasteiger partial charge in [0.05, 0.1) is 16.4 Å². The number of para-hydroxylation sites is 3. The fourth-order valence-corrected chi connectivity index (χ4v) is 8.43. The van der Waals surface area contributed by atoms with Crippen LogP contribution in [0, 0.1) is 0 Å². The number of aromatic nitrogens is 4. The molecule has 0 amide bonds. The maximum atomic E-state index is 6.81. The number of fused-ring (bicyclic) bond motifs is 13. The number of benzene rings is 8. The molecule has 4 heterocycles. The van der Waals surface area contributed by atoms with Gasteiger partial charge in [0.15, 0.2) is 17.5 Å². The van der Waals surface area contributed by atoms with Crippen molar-refractivity contribution in [1.29, 1.82) is 0 Å². The smallest absolute Gasteiger partial charge is 0.164 e. The van der Waals surface area contributed by atoms with Crippen LogP contribution in [0.4, 0.5) is 0 Å². The largest absolute Gasteiger partial charge is 0.455 e. The molecule has 0 bridgehead atoms. The summed E-state index contributed by atoms with van der Waals surface area (Å²) in [5, 5.41) is 8.50. The molecule has 12 aromatic rings. The summed E-state index contributed by atoms with van der Waals surface area (Å²) in [7, 11) is 0. The number of furan rings is 2. The molecule has 0 saturated heterocycles. The van der Waals surface area contributed by atoms with Crippen molar-refractivity contribution in [2.45, 2.75) is 0 Å². The minimum atomic E-state index is 0.574. The van der Waals surface area contributed by atoms with E-state index < -0.39 is 0 Å². The Bertz CT molecular complexity index is 3430. The van der Waals surface area contributed by atoms with Crippen molar-refractivity contribution in [3.8, 4) is 39.9 Å². The topological polar surface area (TPSA) is 69.9 Å². The van der Waals surface area contributed by atoms with E-state index in [1.807, 2.05) is 60.7 Å². The van der Waals surface area contributed by atoms with E-state index in [2.05, 4.69) is 114 Å². The lowest BCUT2D eigenvalue weighted by Crippen LogP contribution is -2.01. The van der Waals surface area contributed by atoms with Gasteiger partial charge < -0.3 is 13.4 Å². The highest BCUT2D eigenvalue weighted by Gasteiger charge is 2.24. The SMILES string of the molecule is c1ccc(-c2nc(-c3ccc(-n4c5ccccc5c5ccccc54)cc3)nc(-c3cccc4oc5c6c7ccccc7oc6c6ccccc6c5c34)n2)cc1. The lowest BCUT2D eigenvalue weighted by atomic mass is 9.97. The Hall–Kier alpha value is -7.57. The molecule has 0 aliphatic rings. The monoisotopic (exact) mass is 704 g/mol. The first-order valence-corrected chi connectivity index (χ1v) is 18.4. The van der Waals surface area contributed by atoms with Gasteiger partial charge in [-0.25, -0.2) is 15.0 Å². The molecule has 6 heteroatoms. The van der Waals surface area contributed by atoms with E-state index in [4.69, 9.17) is 23.8 Å². The average molecular weight is 705 g/mol. The molecular weight excluding hydrogens is 677 g/mol. The van der Waals surface area contributed by atoms with E-state index >= 15 is 0 Å². The predicted molar refractivity (Wildman–Crippen MR) is 223 cm³/mol. The molecule has 0 spiro atoms. The standard InChI is InChI=1S/C49H28N4O2/c1-2-13-29(14-3-1)47-50-48(30-25-27-31(28-26-30)53-38-21-9-6-15-32(38)33-16-7-10-22-39(33)53)52-49(51-47)37-20-12-24-41-42(37)43-34-17-4-5-18-35(34)45-44(46(43)55-41)36-19-8-11-23-40(36)54-45/h1-28H. The van der Waals surface area contributed by atoms with Crippen molar-refractivity contribution >= 4 is 76.5 Å². The first kappa shape index (κ1) is 29.9. The molecule has 0 saturated carbocycles. The Morgan fingerprint density at radius 3 is 1.62 bits per heavy atom. The summed E-state index contributed by atoms with van der Waals surface area (Å²) in [6.45, 7) is 0. The molecule has 4 aromatic heterocycles. The fourth-order valence-electron chi connectivity index (χ4n) is 8.43. The molecule has 0 fully saturated rings. The molecule has 256 valence electrons. The molecule has 0 N–H and O–H groups in total. The van der Waals surface area contributed by atoms with Gasteiger partial charge in [-0.3, -0.25) is 0 Å². The van der Waals surface area contributed by atoms with Crippen molar-refractivity contribution in [2.24, 2.45) is 0 Å². The van der Waals surface area contributed by atoms with Gasteiger partial charge in [0.1, 0.15) is 22.3 Å². The van der Waals surface area contributed by atoms with Crippen LogP contribution in [0.25, 0.3) is 116 Å². The van der Waals surface area contributed by atoms with Crippen molar-refractivity contribution in [3.63, 3.8) is 0 Å². The van der Waals surface area contributed by atoms with Crippen LogP contribution >= 0.6 is 0 Å². The van der Waals surface area contributed by atoms with Gasteiger partial charge in [0, 0.05) is 54.7 Å². The molecule has 8 aromatic carbocycles. The number of rotatable bonds is 4. The molecule has 0 aliphatic heterocycles. The van der Waals surface area contributed by atoms with Gasteiger partial charge in [-0.05, 0) is 53.9 Å². The second-order valence-corrected chi connectivity index (χ2v) is 13.9. The third-order valence-electron chi connectivity index (χ3n) is 10.9. The highest BCUT2D eigenvalue weighted by atomic mass is 16.3. The van der Waals surface area contributed by atoms with Gasteiger partial charge in [0.2, 0.25) is 0 Å². The van der Waals surface area contributed by atoms with Crippen LogP contribution in [0.2, 0.25) is 0 Å². The minimum Gasteiger partial charge on any atom is -0.455 e. The fraction of sp³-hybridized carbons (Fsp3) is 0. The third kappa shape index (κ3) is 4.39. The first-order valence-electron chi connectivity index (χ1n) is 18.4. The van der Waals surface area contributed by atoms with E-state index in [1.165, 1.54) is 21.8 Å². The average Bonchev–Trinajstić information content (AvgIpc) is 3.94. The van der Waals surface area contributed by atoms with E-state index in [-0.39, 0.29) is 0 Å².